The van der Waals surface area contributed by atoms with Crippen LogP contribution in [-0.2, 0) is 14.8 Å². The molecule has 2 aromatic rings. The number of rotatable bonds is 9. The van der Waals surface area contributed by atoms with Crippen molar-refractivity contribution in [1.29, 1.82) is 0 Å². The van der Waals surface area contributed by atoms with E-state index in [4.69, 9.17) is 9.47 Å². The van der Waals surface area contributed by atoms with E-state index < -0.39 is 10.0 Å². The lowest BCUT2D eigenvalue weighted by Gasteiger charge is -2.11. The summed E-state index contributed by atoms with van der Waals surface area (Å²) in [6, 6.07) is 11.4. The quantitative estimate of drug-likeness (QED) is 0.489. The third-order valence-electron chi connectivity index (χ3n) is 3.64. The van der Waals surface area contributed by atoms with Gasteiger partial charge in [-0.05, 0) is 49.7 Å². The molecule has 9 heteroatoms. The molecular formula is C19H23N3O5S. The molecule has 28 heavy (non-hydrogen) atoms. The molecule has 0 atom stereocenters. The van der Waals surface area contributed by atoms with Crippen LogP contribution >= 0.6 is 0 Å². The van der Waals surface area contributed by atoms with Gasteiger partial charge in [0, 0.05) is 6.54 Å². The Morgan fingerprint density at radius 1 is 1.14 bits per heavy atom. The van der Waals surface area contributed by atoms with Gasteiger partial charge in [0.15, 0.2) is 18.1 Å². The summed E-state index contributed by atoms with van der Waals surface area (Å²) in [5.74, 6) is 0.557. The van der Waals surface area contributed by atoms with Crippen LogP contribution in [-0.4, -0.2) is 40.8 Å². The summed E-state index contributed by atoms with van der Waals surface area (Å²) in [4.78, 5) is 13.8. The van der Waals surface area contributed by atoms with Gasteiger partial charge in [-0.1, -0.05) is 17.7 Å². The maximum absolute atomic E-state index is 12.2. The number of sulfonamides is 1. The van der Waals surface area contributed by atoms with Crippen LogP contribution in [0.1, 0.15) is 18.1 Å². The van der Waals surface area contributed by atoms with E-state index in [0.29, 0.717) is 23.6 Å². The van der Waals surface area contributed by atoms with Gasteiger partial charge in [0.2, 0.25) is 0 Å². The number of hydrazone groups is 1. The Kier molecular flexibility index (Phi) is 7.39. The number of methoxy groups -OCH3 is 1. The van der Waals surface area contributed by atoms with Crippen LogP contribution in [0.15, 0.2) is 52.5 Å². The second kappa shape index (κ2) is 9.75. The van der Waals surface area contributed by atoms with Crippen molar-refractivity contribution in [2.24, 2.45) is 5.10 Å². The number of carbonyl (C=O) groups excluding carboxylic acids is 1. The Hall–Kier alpha value is -3.07. The molecule has 1 amide bonds. The van der Waals surface area contributed by atoms with E-state index in [1.165, 1.54) is 25.5 Å². The van der Waals surface area contributed by atoms with Crippen molar-refractivity contribution < 1.29 is 22.7 Å². The third-order valence-corrected chi connectivity index (χ3v) is 4.88. The lowest BCUT2D eigenvalue weighted by atomic mass is 10.2. The van der Waals surface area contributed by atoms with Crippen molar-refractivity contribution >= 4 is 22.1 Å². The SMILES string of the molecule is CCNC(=O)COc1ccc(/C=N\NS(=O)(=O)c2ccc(C)cc2)cc1OC. The molecule has 0 aromatic heterocycles. The number of nitrogens with zero attached hydrogens (tertiary/aromatic N) is 1. The van der Waals surface area contributed by atoms with Crippen LogP contribution in [0.3, 0.4) is 0 Å². The van der Waals surface area contributed by atoms with E-state index in [2.05, 4.69) is 15.2 Å². The fourth-order valence-electron chi connectivity index (χ4n) is 2.22. The first kappa shape index (κ1) is 21.2. The largest absolute Gasteiger partial charge is 0.493 e. The lowest BCUT2D eigenvalue weighted by Crippen LogP contribution is -2.28. The summed E-state index contributed by atoms with van der Waals surface area (Å²) < 4.78 is 35.1. The second-order valence-corrected chi connectivity index (χ2v) is 7.48. The monoisotopic (exact) mass is 405 g/mol. The van der Waals surface area contributed by atoms with Gasteiger partial charge in [-0.25, -0.2) is 4.83 Å². The maximum atomic E-state index is 12.2. The predicted molar refractivity (Wildman–Crippen MR) is 106 cm³/mol. The molecular weight excluding hydrogens is 382 g/mol. The van der Waals surface area contributed by atoms with Gasteiger partial charge in [-0.15, -0.1) is 0 Å². The molecule has 0 radical (unpaired) electrons. The van der Waals surface area contributed by atoms with E-state index in [-0.39, 0.29) is 17.4 Å². The fourth-order valence-corrected chi connectivity index (χ4v) is 3.01. The Morgan fingerprint density at radius 2 is 1.86 bits per heavy atom. The van der Waals surface area contributed by atoms with Crippen LogP contribution in [0.25, 0.3) is 0 Å². The topological polar surface area (TPSA) is 106 Å². The zero-order valence-corrected chi connectivity index (χ0v) is 16.7. The van der Waals surface area contributed by atoms with Gasteiger partial charge in [0.25, 0.3) is 15.9 Å². The molecule has 0 spiro atoms. The fraction of sp³-hybridized carbons (Fsp3) is 0.263. The van der Waals surface area contributed by atoms with E-state index in [1.54, 1.807) is 30.3 Å². The average molecular weight is 405 g/mol. The zero-order chi connectivity index (χ0) is 20.6. The Balaban J connectivity index is 2.05. The smallest absolute Gasteiger partial charge is 0.276 e. The molecule has 150 valence electrons. The van der Waals surface area contributed by atoms with Gasteiger partial charge in [-0.2, -0.15) is 13.5 Å². The summed E-state index contributed by atoms with van der Waals surface area (Å²) in [5, 5.41) is 6.42. The summed E-state index contributed by atoms with van der Waals surface area (Å²) in [5.41, 5.74) is 1.55. The maximum Gasteiger partial charge on any atom is 0.276 e. The number of aryl methyl sites for hydroxylation is 1. The van der Waals surface area contributed by atoms with Crippen LogP contribution < -0.4 is 19.6 Å². The summed E-state index contributed by atoms with van der Waals surface area (Å²) >= 11 is 0. The molecule has 0 aliphatic carbocycles. The Morgan fingerprint density at radius 3 is 2.50 bits per heavy atom. The van der Waals surface area contributed by atoms with Crippen molar-refractivity contribution in [2.75, 3.05) is 20.3 Å². The minimum atomic E-state index is -3.74. The van der Waals surface area contributed by atoms with Gasteiger partial charge in [0.05, 0.1) is 18.2 Å². The van der Waals surface area contributed by atoms with Crippen LogP contribution in [0, 0.1) is 6.92 Å². The standard InChI is InChI=1S/C19H23N3O5S/c1-4-20-19(23)13-27-17-10-7-15(11-18(17)26-3)12-21-22-28(24,25)16-8-5-14(2)6-9-16/h5-12,22H,4,13H2,1-3H3,(H,20,23)/b21-12-. The highest BCUT2D eigenvalue weighted by Crippen LogP contribution is 2.27. The minimum absolute atomic E-state index is 0.127. The Bertz CT molecular complexity index is 941. The first-order chi connectivity index (χ1) is 13.4. The lowest BCUT2D eigenvalue weighted by molar-refractivity contribution is -0.123. The number of ether oxygens (including phenoxy) is 2. The number of benzene rings is 2. The molecule has 0 fully saturated rings. The van der Waals surface area contributed by atoms with Crippen LogP contribution in [0.4, 0.5) is 0 Å². The highest BCUT2D eigenvalue weighted by Gasteiger charge is 2.12. The second-order valence-electron chi connectivity index (χ2n) is 5.82. The average Bonchev–Trinajstić information content (AvgIpc) is 2.67. The highest BCUT2D eigenvalue weighted by atomic mass is 32.2. The Labute approximate surface area is 164 Å². The molecule has 0 saturated carbocycles. The molecule has 0 unspecified atom stereocenters. The third kappa shape index (κ3) is 5.98. The molecule has 0 saturated heterocycles. The van der Waals surface area contributed by atoms with Crippen molar-refractivity contribution in [1.82, 2.24) is 10.1 Å². The summed E-state index contributed by atoms with van der Waals surface area (Å²) in [6.07, 6.45) is 1.35. The van der Waals surface area contributed by atoms with E-state index in [1.807, 2.05) is 13.8 Å². The van der Waals surface area contributed by atoms with Crippen molar-refractivity contribution in [3.05, 3.63) is 53.6 Å². The summed E-state index contributed by atoms with van der Waals surface area (Å²) in [7, 11) is -2.28. The van der Waals surface area contributed by atoms with Crippen LogP contribution in [0.5, 0.6) is 11.5 Å². The molecule has 2 aromatic carbocycles. The zero-order valence-electron chi connectivity index (χ0n) is 15.9. The van der Waals surface area contributed by atoms with Crippen molar-refractivity contribution in [3.8, 4) is 11.5 Å². The number of amides is 1. The molecule has 0 bridgehead atoms. The van der Waals surface area contributed by atoms with Crippen molar-refractivity contribution in [2.45, 2.75) is 18.7 Å². The number of nitrogens with one attached hydrogen (secondary N) is 2. The van der Waals surface area contributed by atoms with Gasteiger partial charge >= 0.3 is 0 Å². The first-order valence-electron chi connectivity index (χ1n) is 8.54. The van der Waals surface area contributed by atoms with Gasteiger partial charge < -0.3 is 14.8 Å². The molecule has 2 rings (SSSR count). The normalized spacial score (nSPS) is 11.2. The predicted octanol–water partition coefficient (Wildman–Crippen LogP) is 1.83. The number of hydrogen-bond acceptors (Lipinski definition) is 6. The molecule has 0 heterocycles. The molecule has 2 N–H and O–H groups in total. The van der Waals surface area contributed by atoms with Gasteiger partial charge in [0.1, 0.15) is 0 Å². The molecule has 0 aliphatic rings. The number of carbonyl (C=O) groups is 1. The first-order valence-corrected chi connectivity index (χ1v) is 10.0. The van der Waals surface area contributed by atoms with Crippen molar-refractivity contribution in [3.63, 3.8) is 0 Å². The number of hydrogen-bond donors (Lipinski definition) is 2. The highest BCUT2D eigenvalue weighted by molar-refractivity contribution is 7.89. The summed E-state index contributed by atoms with van der Waals surface area (Å²) in [6.45, 7) is 4.08. The number of likely N-dealkylation sites (N-methyl/N-ethyl adjacent to an activating group) is 1. The van der Waals surface area contributed by atoms with E-state index >= 15 is 0 Å². The van der Waals surface area contributed by atoms with Gasteiger partial charge in [-0.3, -0.25) is 4.79 Å². The van der Waals surface area contributed by atoms with Crippen LogP contribution in [0.2, 0.25) is 0 Å². The minimum Gasteiger partial charge on any atom is -0.493 e. The van der Waals surface area contributed by atoms with E-state index in [9.17, 15) is 13.2 Å². The van der Waals surface area contributed by atoms with E-state index in [0.717, 1.165) is 5.56 Å². The molecule has 0 aliphatic heterocycles. The molecule has 8 nitrogen and oxygen atoms in total.